The van der Waals surface area contributed by atoms with Crippen molar-refractivity contribution < 1.29 is 4.42 Å². The van der Waals surface area contributed by atoms with Gasteiger partial charge in [-0.3, -0.25) is 0 Å². The Morgan fingerprint density at radius 3 is 3.10 bits per heavy atom. The molecule has 1 N–H and O–H groups in total. The van der Waals surface area contributed by atoms with Crippen molar-refractivity contribution in [2.75, 3.05) is 11.9 Å². The molecule has 0 radical (unpaired) electrons. The van der Waals surface area contributed by atoms with Crippen molar-refractivity contribution >= 4 is 16.8 Å². The minimum absolute atomic E-state index is 0.445. The maximum Gasteiger partial charge on any atom is 0.196 e. The van der Waals surface area contributed by atoms with Crippen LogP contribution in [-0.2, 0) is 6.42 Å². The third-order valence-electron chi connectivity index (χ3n) is 3.95. The minimum Gasteiger partial charge on any atom is -0.441 e. The van der Waals surface area contributed by atoms with E-state index < -0.39 is 0 Å². The van der Waals surface area contributed by atoms with Gasteiger partial charge >= 0.3 is 0 Å². The highest BCUT2D eigenvalue weighted by molar-refractivity contribution is 5.73. The number of oxazole rings is 1. The van der Waals surface area contributed by atoms with Crippen LogP contribution in [0.3, 0.4) is 0 Å². The number of nitrogens with one attached hydrogen (secondary N) is 1. The number of hydrogen-bond acceptors (Lipinski definition) is 3. The summed E-state index contributed by atoms with van der Waals surface area (Å²) in [6.45, 7) is 3.02. The molecule has 1 aromatic heterocycles. The van der Waals surface area contributed by atoms with Gasteiger partial charge in [0.15, 0.2) is 11.5 Å². The van der Waals surface area contributed by atoms with Crippen LogP contribution in [0.15, 0.2) is 46.9 Å². The van der Waals surface area contributed by atoms with Gasteiger partial charge in [0.25, 0.3) is 0 Å². The summed E-state index contributed by atoms with van der Waals surface area (Å²) in [4.78, 5) is 4.60. The number of rotatable bonds is 2. The van der Waals surface area contributed by atoms with Gasteiger partial charge < -0.3 is 9.73 Å². The van der Waals surface area contributed by atoms with Gasteiger partial charge in [0.2, 0.25) is 0 Å². The fourth-order valence-electron chi connectivity index (χ4n) is 2.92. The van der Waals surface area contributed by atoms with Crippen molar-refractivity contribution in [1.29, 1.82) is 0 Å². The average molecular weight is 264 g/mol. The molecule has 1 aliphatic rings. The second-order valence-corrected chi connectivity index (χ2v) is 5.45. The quantitative estimate of drug-likeness (QED) is 0.763. The minimum atomic E-state index is 0.445. The Morgan fingerprint density at radius 1 is 1.25 bits per heavy atom. The molecule has 0 saturated carbocycles. The van der Waals surface area contributed by atoms with E-state index in [1.165, 1.54) is 16.8 Å². The maximum absolute atomic E-state index is 5.89. The number of aryl methyl sites for hydroxylation is 1. The molecule has 4 rings (SSSR count). The number of aromatic nitrogens is 1. The van der Waals surface area contributed by atoms with Gasteiger partial charge in [-0.05, 0) is 36.2 Å². The summed E-state index contributed by atoms with van der Waals surface area (Å²) in [6, 6.07) is 14.6. The lowest BCUT2D eigenvalue weighted by Crippen LogP contribution is -2.05. The molecule has 0 bridgehead atoms. The fourth-order valence-corrected chi connectivity index (χ4v) is 2.92. The third kappa shape index (κ3) is 1.86. The summed E-state index contributed by atoms with van der Waals surface area (Å²) < 4.78 is 5.89. The fraction of sp³-hybridized carbons (Fsp3) is 0.235. The first kappa shape index (κ1) is 11.5. The molecule has 2 heterocycles. The highest BCUT2D eigenvalue weighted by atomic mass is 16.3. The smallest absolute Gasteiger partial charge is 0.196 e. The maximum atomic E-state index is 5.89. The Kier molecular flexibility index (Phi) is 2.52. The Morgan fingerprint density at radius 2 is 2.15 bits per heavy atom. The topological polar surface area (TPSA) is 38.1 Å². The van der Waals surface area contributed by atoms with E-state index in [-0.39, 0.29) is 0 Å². The number of fused-ring (bicyclic) bond motifs is 2. The van der Waals surface area contributed by atoms with E-state index in [0.717, 1.165) is 30.0 Å². The van der Waals surface area contributed by atoms with Crippen molar-refractivity contribution in [3.8, 4) is 0 Å². The Hall–Kier alpha value is -2.29. The van der Waals surface area contributed by atoms with E-state index in [9.17, 15) is 0 Å². The van der Waals surface area contributed by atoms with Crippen molar-refractivity contribution in [2.45, 2.75) is 19.3 Å². The lowest BCUT2D eigenvalue weighted by molar-refractivity contribution is 0.507. The van der Waals surface area contributed by atoms with E-state index in [1.54, 1.807) is 0 Å². The first-order chi connectivity index (χ1) is 9.79. The van der Waals surface area contributed by atoms with Crippen LogP contribution >= 0.6 is 0 Å². The molecule has 20 heavy (non-hydrogen) atoms. The molecule has 0 amide bonds. The Labute approximate surface area is 117 Å². The van der Waals surface area contributed by atoms with Crippen LogP contribution in [-0.4, -0.2) is 11.5 Å². The molecule has 1 aliphatic heterocycles. The van der Waals surface area contributed by atoms with E-state index in [4.69, 9.17) is 4.42 Å². The van der Waals surface area contributed by atoms with Crippen LogP contribution in [0, 0.1) is 6.92 Å². The van der Waals surface area contributed by atoms with Crippen LogP contribution < -0.4 is 5.32 Å². The highest BCUT2D eigenvalue weighted by Gasteiger charge is 2.23. The third-order valence-corrected chi connectivity index (χ3v) is 3.95. The summed E-state index contributed by atoms with van der Waals surface area (Å²) in [6.07, 6.45) is 0.845. The van der Waals surface area contributed by atoms with Gasteiger partial charge in [-0.25, -0.2) is 4.98 Å². The van der Waals surface area contributed by atoms with Crippen molar-refractivity contribution in [1.82, 2.24) is 4.98 Å². The molecule has 1 atom stereocenters. The van der Waals surface area contributed by atoms with Crippen LogP contribution in [0.4, 0.5) is 5.69 Å². The first-order valence-corrected chi connectivity index (χ1v) is 6.98. The van der Waals surface area contributed by atoms with Crippen molar-refractivity contribution in [3.05, 3.63) is 59.5 Å². The summed E-state index contributed by atoms with van der Waals surface area (Å²) in [5.74, 6) is 1.27. The molecule has 0 spiro atoms. The normalized spacial score (nSPS) is 17.1. The molecule has 3 heteroatoms. The van der Waals surface area contributed by atoms with Crippen LogP contribution in [0.25, 0.3) is 11.1 Å². The number of para-hydroxylation sites is 1. The molecule has 3 aromatic rings. The number of hydrogen-bond donors (Lipinski definition) is 1. The number of nitrogens with zero attached hydrogens (tertiary/aromatic N) is 1. The Bertz CT molecular complexity index is 776. The predicted molar refractivity (Wildman–Crippen MR) is 80.1 cm³/mol. The largest absolute Gasteiger partial charge is 0.441 e. The molecular formula is C17H16N2O. The van der Waals surface area contributed by atoms with Crippen molar-refractivity contribution in [2.24, 2.45) is 0 Å². The second kappa shape index (κ2) is 4.37. The molecule has 1 unspecified atom stereocenters. The molecule has 0 aliphatic carbocycles. The van der Waals surface area contributed by atoms with E-state index in [2.05, 4.69) is 47.6 Å². The zero-order valence-corrected chi connectivity index (χ0v) is 11.4. The van der Waals surface area contributed by atoms with E-state index in [0.29, 0.717) is 5.92 Å². The standard InChI is InChI=1S/C17H16N2O/c1-11-6-7-15-16(8-11)20-17(19-15)9-12-10-18-14-5-3-2-4-13(12)14/h2-8,12,18H,9-10H2,1H3. The zero-order chi connectivity index (χ0) is 13.5. The summed E-state index contributed by atoms with van der Waals surface area (Å²) in [5, 5.41) is 3.44. The zero-order valence-electron chi connectivity index (χ0n) is 11.4. The van der Waals surface area contributed by atoms with Crippen LogP contribution in [0.1, 0.15) is 22.9 Å². The van der Waals surface area contributed by atoms with Crippen LogP contribution in [0.5, 0.6) is 0 Å². The first-order valence-electron chi connectivity index (χ1n) is 6.98. The highest BCUT2D eigenvalue weighted by Crippen LogP contribution is 2.33. The summed E-state index contributed by atoms with van der Waals surface area (Å²) in [5.41, 5.74) is 5.65. The van der Waals surface area contributed by atoms with Crippen LogP contribution in [0.2, 0.25) is 0 Å². The van der Waals surface area contributed by atoms with Gasteiger partial charge in [-0.1, -0.05) is 24.3 Å². The molecule has 0 saturated heterocycles. The predicted octanol–water partition coefficient (Wildman–Crippen LogP) is 3.89. The SMILES string of the molecule is Cc1ccc2nc(CC3CNc4ccccc43)oc2c1. The molecular weight excluding hydrogens is 248 g/mol. The monoisotopic (exact) mass is 264 g/mol. The van der Waals surface area contributed by atoms with Gasteiger partial charge in [0, 0.05) is 24.6 Å². The molecule has 2 aromatic carbocycles. The summed E-state index contributed by atoms with van der Waals surface area (Å²) >= 11 is 0. The van der Waals surface area contributed by atoms with Crippen molar-refractivity contribution in [3.63, 3.8) is 0 Å². The average Bonchev–Trinajstić information content (AvgIpc) is 3.03. The van der Waals surface area contributed by atoms with Gasteiger partial charge in [0.05, 0.1) is 0 Å². The van der Waals surface area contributed by atoms with E-state index >= 15 is 0 Å². The second-order valence-electron chi connectivity index (χ2n) is 5.45. The van der Waals surface area contributed by atoms with Gasteiger partial charge in [0.1, 0.15) is 5.52 Å². The molecule has 100 valence electrons. The van der Waals surface area contributed by atoms with Gasteiger partial charge in [-0.15, -0.1) is 0 Å². The molecule has 3 nitrogen and oxygen atoms in total. The number of benzene rings is 2. The summed E-state index contributed by atoms with van der Waals surface area (Å²) in [7, 11) is 0. The van der Waals surface area contributed by atoms with Gasteiger partial charge in [-0.2, -0.15) is 0 Å². The number of anilines is 1. The lowest BCUT2D eigenvalue weighted by atomic mass is 9.98. The Balaban J connectivity index is 1.65. The van der Waals surface area contributed by atoms with E-state index in [1.807, 2.05) is 12.1 Å². The molecule has 0 fully saturated rings. The lowest BCUT2D eigenvalue weighted by Gasteiger charge is -2.06.